The third kappa shape index (κ3) is 3.33. The molecule has 0 aromatic heterocycles. The fraction of sp³-hybridized carbons (Fsp3) is 0.778. The van der Waals surface area contributed by atoms with Crippen LogP contribution in [0.5, 0.6) is 0 Å². The minimum Gasteiger partial charge on any atom is -0.434 e. The summed E-state index contributed by atoms with van der Waals surface area (Å²) in [6, 6.07) is -0.354. The van der Waals surface area contributed by atoms with Gasteiger partial charge in [-0.3, -0.25) is 0 Å². The van der Waals surface area contributed by atoms with Gasteiger partial charge in [-0.2, -0.15) is 0 Å². The van der Waals surface area contributed by atoms with E-state index in [-0.39, 0.29) is 12.6 Å². The molecule has 1 N–H and O–H groups in total. The van der Waals surface area contributed by atoms with Crippen molar-refractivity contribution >= 4 is 12.1 Å². The number of esters is 1. The Bertz CT molecular complexity index is 211. The normalized spacial score (nSPS) is 21.4. The van der Waals surface area contributed by atoms with Crippen LogP contribution in [0.3, 0.4) is 0 Å². The van der Waals surface area contributed by atoms with Gasteiger partial charge in [-0.05, 0) is 26.3 Å². The van der Waals surface area contributed by atoms with E-state index >= 15 is 0 Å². The predicted octanol–water partition coefficient (Wildman–Crippen LogP) is 0.828. The Kier molecular flexibility index (Phi) is 4.39. The fourth-order valence-corrected chi connectivity index (χ4v) is 1.35. The van der Waals surface area contributed by atoms with E-state index in [2.05, 4.69) is 14.8 Å². The number of ether oxygens (including phenoxy) is 2. The molecule has 0 radical (unpaired) electrons. The highest BCUT2D eigenvalue weighted by Gasteiger charge is 2.24. The third-order valence-electron chi connectivity index (χ3n) is 2.04. The zero-order chi connectivity index (χ0) is 10.4. The summed E-state index contributed by atoms with van der Waals surface area (Å²) in [5, 5.41) is 2.98. The van der Waals surface area contributed by atoms with Crippen molar-refractivity contribution in [3.8, 4) is 0 Å². The second kappa shape index (κ2) is 5.59. The van der Waals surface area contributed by atoms with Gasteiger partial charge in [-0.25, -0.2) is 9.59 Å². The Morgan fingerprint density at radius 3 is 2.79 bits per heavy atom. The first-order valence-corrected chi connectivity index (χ1v) is 4.86. The summed E-state index contributed by atoms with van der Waals surface area (Å²) in [4.78, 5) is 22.1. The highest BCUT2D eigenvalue weighted by Crippen LogP contribution is 2.08. The maximum Gasteiger partial charge on any atom is 0.516 e. The van der Waals surface area contributed by atoms with Crippen molar-refractivity contribution in [2.45, 2.75) is 32.2 Å². The van der Waals surface area contributed by atoms with Crippen LogP contribution in [0.1, 0.15) is 26.2 Å². The van der Waals surface area contributed by atoms with E-state index in [1.165, 1.54) is 0 Å². The third-order valence-corrected chi connectivity index (χ3v) is 2.04. The van der Waals surface area contributed by atoms with Gasteiger partial charge in [-0.15, -0.1) is 0 Å². The molecular weight excluding hydrogens is 186 g/mol. The van der Waals surface area contributed by atoms with Gasteiger partial charge in [0.25, 0.3) is 0 Å². The standard InChI is InChI=1S/C9H15NO4/c1-2-13-9(12)14-8(11)7-5-3-4-6-10-7/h7,10H,2-6H2,1H3. The van der Waals surface area contributed by atoms with Crippen molar-refractivity contribution in [1.29, 1.82) is 0 Å². The molecule has 1 heterocycles. The van der Waals surface area contributed by atoms with Gasteiger partial charge in [0, 0.05) is 0 Å². The molecule has 0 aromatic rings. The van der Waals surface area contributed by atoms with Gasteiger partial charge >= 0.3 is 12.1 Å². The Labute approximate surface area is 82.8 Å². The summed E-state index contributed by atoms with van der Waals surface area (Å²) in [6.07, 6.45) is 1.85. The van der Waals surface area contributed by atoms with Crippen LogP contribution in [0, 0.1) is 0 Å². The molecule has 1 fully saturated rings. The molecule has 1 aliphatic heterocycles. The van der Waals surface area contributed by atoms with Gasteiger partial charge in [0.1, 0.15) is 6.04 Å². The molecule has 0 bridgehead atoms. The Balaban J connectivity index is 2.29. The lowest BCUT2D eigenvalue weighted by molar-refractivity contribution is -0.142. The summed E-state index contributed by atoms with van der Waals surface area (Å²) < 4.78 is 8.96. The number of rotatable bonds is 2. The molecule has 0 amide bonds. The van der Waals surface area contributed by atoms with Crippen LogP contribution in [0.25, 0.3) is 0 Å². The Hall–Kier alpha value is -1.10. The topological polar surface area (TPSA) is 64.6 Å². The van der Waals surface area contributed by atoms with Crippen LogP contribution in [-0.2, 0) is 14.3 Å². The number of piperidine rings is 1. The van der Waals surface area contributed by atoms with E-state index in [4.69, 9.17) is 0 Å². The molecule has 80 valence electrons. The number of carbonyl (C=O) groups excluding carboxylic acids is 2. The minimum atomic E-state index is -0.912. The second-order valence-electron chi connectivity index (χ2n) is 3.11. The summed E-state index contributed by atoms with van der Waals surface area (Å²) in [5.74, 6) is -0.539. The van der Waals surface area contributed by atoms with Gasteiger partial charge in [0.15, 0.2) is 0 Å². The van der Waals surface area contributed by atoms with Crippen molar-refractivity contribution in [2.24, 2.45) is 0 Å². The van der Waals surface area contributed by atoms with Crippen LogP contribution < -0.4 is 5.32 Å². The van der Waals surface area contributed by atoms with Gasteiger partial charge in [0.05, 0.1) is 6.61 Å². The molecular formula is C9H15NO4. The van der Waals surface area contributed by atoms with Crippen LogP contribution in [0.4, 0.5) is 4.79 Å². The summed E-state index contributed by atoms with van der Waals surface area (Å²) >= 11 is 0. The first-order valence-electron chi connectivity index (χ1n) is 4.86. The molecule has 0 aliphatic carbocycles. The lowest BCUT2D eigenvalue weighted by Gasteiger charge is -2.20. The lowest BCUT2D eigenvalue weighted by Crippen LogP contribution is -2.42. The molecule has 1 saturated heterocycles. The molecule has 5 nitrogen and oxygen atoms in total. The van der Waals surface area contributed by atoms with E-state index in [1.807, 2.05) is 0 Å². The quantitative estimate of drug-likeness (QED) is 0.529. The smallest absolute Gasteiger partial charge is 0.434 e. The SMILES string of the molecule is CCOC(=O)OC(=O)C1CCCCN1. The van der Waals surface area contributed by atoms with E-state index in [1.54, 1.807) is 6.92 Å². The first kappa shape index (κ1) is 11.0. The van der Waals surface area contributed by atoms with E-state index in [0.29, 0.717) is 0 Å². The van der Waals surface area contributed by atoms with E-state index in [0.717, 1.165) is 25.8 Å². The fourth-order valence-electron chi connectivity index (χ4n) is 1.35. The van der Waals surface area contributed by atoms with Crippen molar-refractivity contribution in [3.63, 3.8) is 0 Å². The average Bonchev–Trinajstić information content (AvgIpc) is 2.19. The van der Waals surface area contributed by atoms with Crippen molar-refractivity contribution < 1.29 is 19.1 Å². The second-order valence-corrected chi connectivity index (χ2v) is 3.11. The van der Waals surface area contributed by atoms with Gasteiger partial charge in [0.2, 0.25) is 0 Å². The maximum atomic E-state index is 11.3. The molecule has 0 aromatic carbocycles. The van der Waals surface area contributed by atoms with Crippen LogP contribution in [-0.4, -0.2) is 31.3 Å². The van der Waals surface area contributed by atoms with Crippen molar-refractivity contribution in [2.75, 3.05) is 13.2 Å². The summed E-state index contributed by atoms with van der Waals surface area (Å²) in [5.41, 5.74) is 0. The van der Waals surface area contributed by atoms with E-state index < -0.39 is 12.1 Å². The number of nitrogens with one attached hydrogen (secondary N) is 1. The highest BCUT2D eigenvalue weighted by molar-refractivity contribution is 5.85. The number of carbonyl (C=O) groups is 2. The summed E-state index contributed by atoms with van der Waals surface area (Å²) in [6.45, 7) is 2.66. The largest absolute Gasteiger partial charge is 0.516 e. The van der Waals surface area contributed by atoms with Gasteiger partial charge in [-0.1, -0.05) is 6.42 Å². The molecule has 1 aliphatic rings. The highest BCUT2D eigenvalue weighted by atomic mass is 16.7. The zero-order valence-corrected chi connectivity index (χ0v) is 8.25. The molecule has 1 rings (SSSR count). The van der Waals surface area contributed by atoms with Gasteiger partial charge < -0.3 is 14.8 Å². The predicted molar refractivity (Wildman–Crippen MR) is 48.8 cm³/mol. The molecule has 0 saturated carbocycles. The molecule has 1 unspecified atom stereocenters. The molecule has 14 heavy (non-hydrogen) atoms. The maximum absolute atomic E-state index is 11.3. The molecule has 1 atom stereocenters. The first-order chi connectivity index (χ1) is 6.74. The monoisotopic (exact) mass is 201 g/mol. The van der Waals surface area contributed by atoms with Crippen molar-refractivity contribution in [1.82, 2.24) is 5.32 Å². The molecule has 0 spiro atoms. The average molecular weight is 201 g/mol. The Morgan fingerprint density at radius 1 is 1.43 bits per heavy atom. The Morgan fingerprint density at radius 2 is 2.21 bits per heavy atom. The molecule has 5 heteroatoms. The van der Waals surface area contributed by atoms with Crippen LogP contribution in [0.15, 0.2) is 0 Å². The lowest BCUT2D eigenvalue weighted by atomic mass is 10.1. The summed E-state index contributed by atoms with van der Waals surface area (Å²) in [7, 11) is 0. The minimum absolute atomic E-state index is 0.213. The van der Waals surface area contributed by atoms with E-state index in [9.17, 15) is 9.59 Å². The van der Waals surface area contributed by atoms with Crippen LogP contribution >= 0.6 is 0 Å². The number of hydrogen-bond acceptors (Lipinski definition) is 5. The van der Waals surface area contributed by atoms with Crippen LogP contribution in [0.2, 0.25) is 0 Å². The zero-order valence-electron chi connectivity index (χ0n) is 8.25. The van der Waals surface area contributed by atoms with Crippen molar-refractivity contribution in [3.05, 3.63) is 0 Å². The number of hydrogen-bond donors (Lipinski definition) is 1.